The number of hydrogen-bond acceptors (Lipinski definition) is 4. The van der Waals surface area contributed by atoms with Gasteiger partial charge in [-0.3, -0.25) is 14.8 Å². The number of nitrogens with one attached hydrogen (secondary N) is 1. The number of carbonyl (C=O) groups excluding carboxylic acids is 2. The van der Waals surface area contributed by atoms with Crippen molar-refractivity contribution in [3.8, 4) is 0 Å². The zero-order valence-electron chi connectivity index (χ0n) is 9.92. The first-order valence-corrected chi connectivity index (χ1v) is 6.55. The summed E-state index contributed by atoms with van der Waals surface area (Å²) in [7, 11) is 0. The highest BCUT2D eigenvalue weighted by molar-refractivity contribution is 8.01. The second-order valence-electron chi connectivity index (χ2n) is 3.94. The first-order valence-electron chi connectivity index (χ1n) is 5.67. The first kappa shape index (κ1) is 12.9. The lowest BCUT2D eigenvalue weighted by Crippen LogP contribution is -2.45. The molecule has 0 aromatic heterocycles. The van der Waals surface area contributed by atoms with Crippen LogP contribution < -0.4 is 10.4 Å². The van der Waals surface area contributed by atoms with Crippen molar-refractivity contribution in [3.05, 3.63) is 24.3 Å². The zero-order valence-corrected chi connectivity index (χ0v) is 10.7. The SMILES string of the molecule is CCC1Sc2ccccc2N(CC(=O)NO)C1=O. The van der Waals surface area contributed by atoms with Gasteiger partial charge < -0.3 is 4.90 Å². The molecule has 0 saturated heterocycles. The number of anilines is 1. The molecule has 6 heteroatoms. The topological polar surface area (TPSA) is 69.6 Å². The third-order valence-electron chi connectivity index (χ3n) is 2.76. The molecule has 2 N–H and O–H groups in total. The summed E-state index contributed by atoms with van der Waals surface area (Å²) in [6.45, 7) is 1.78. The van der Waals surface area contributed by atoms with Crippen molar-refractivity contribution < 1.29 is 14.8 Å². The van der Waals surface area contributed by atoms with Gasteiger partial charge in [-0.1, -0.05) is 19.1 Å². The van der Waals surface area contributed by atoms with Crippen LogP contribution in [0, 0.1) is 0 Å². The number of thioether (sulfide) groups is 1. The molecule has 1 aliphatic heterocycles. The normalized spacial score (nSPS) is 18.4. The number of benzene rings is 1. The minimum absolute atomic E-state index is 0.0928. The molecule has 1 atom stereocenters. The Morgan fingerprint density at radius 1 is 1.50 bits per heavy atom. The van der Waals surface area contributed by atoms with E-state index in [1.54, 1.807) is 11.5 Å². The number of hydrogen-bond donors (Lipinski definition) is 2. The Labute approximate surface area is 109 Å². The van der Waals surface area contributed by atoms with Crippen molar-refractivity contribution in [2.24, 2.45) is 0 Å². The highest BCUT2D eigenvalue weighted by Crippen LogP contribution is 2.39. The number of para-hydroxylation sites is 1. The molecule has 0 saturated carbocycles. The van der Waals surface area contributed by atoms with Crippen molar-refractivity contribution in [2.45, 2.75) is 23.5 Å². The van der Waals surface area contributed by atoms with Gasteiger partial charge in [0.1, 0.15) is 6.54 Å². The summed E-state index contributed by atoms with van der Waals surface area (Å²) >= 11 is 1.52. The number of rotatable bonds is 3. The first-order chi connectivity index (χ1) is 8.67. The van der Waals surface area contributed by atoms with E-state index in [2.05, 4.69) is 0 Å². The van der Waals surface area contributed by atoms with Crippen LogP contribution in [0.3, 0.4) is 0 Å². The molecule has 0 fully saturated rings. The molecule has 2 rings (SSSR count). The fourth-order valence-electron chi connectivity index (χ4n) is 1.88. The average molecular weight is 266 g/mol. The van der Waals surface area contributed by atoms with E-state index >= 15 is 0 Å². The Bertz CT molecular complexity index is 478. The van der Waals surface area contributed by atoms with E-state index in [0.29, 0.717) is 6.42 Å². The van der Waals surface area contributed by atoms with Crippen LogP contribution in [0.25, 0.3) is 0 Å². The van der Waals surface area contributed by atoms with Gasteiger partial charge in [0.2, 0.25) is 5.91 Å². The third-order valence-corrected chi connectivity index (χ3v) is 4.18. The van der Waals surface area contributed by atoms with Crippen LogP contribution in [0.1, 0.15) is 13.3 Å². The highest BCUT2D eigenvalue weighted by atomic mass is 32.2. The van der Waals surface area contributed by atoms with Gasteiger partial charge in [0.05, 0.1) is 10.9 Å². The molecule has 1 aromatic rings. The van der Waals surface area contributed by atoms with E-state index in [0.717, 1.165) is 10.6 Å². The molecule has 1 aliphatic rings. The molecular weight excluding hydrogens is 252 g/mol. The second kappa shape index (κ2) is 5.41. The number of carbonyl (C=O) groups is 2. The Balaban J connectivity index is 2.35. The molecule has 1 heterocycles. The molecule has 1 aromatic carbocycles. The molecule has 2 amide bonds. The van der Waals surface area contributed by atoms with E-state index in [1.165, 1.54) is 16.7 Å². The van der Waals surface area contributed by atoms with Crippen LogP contribution in [-0.4, -0.2) is 28.8 Å². The predicted molar refractivity (Wildman–Crippen MR) is 68.7 cm³/mol. The summed E-state index contributed by atoms with van der Waals surface area (Å²) in [5.41, 5.74) is 2.28. The van der Waals surface area contributed by atoms with E-state index in [4.69, 9.17) is 5.21 Å². The summed E-state index contributed by atoms with van der Waals surface area (Å²) < 4.78 is 0. The van der Waals surface area contributed by atoms with Gasteiger partial charge in [0.15, 0.2) is 0 Å². The molecule has 0 bridgehead atoms. The molecule has 96 valence electrons. The predicted octanol–water partition coefficient (Wildman–Crippen LogP) is 1.41. The summed E-state index contributed by atoms with van der Waals surface area (Å²) in [5, 5.41) is 8.41. The molecule has 0 aliphatic carbocycles. The quantitative estimate of drug-likeness (QED) is 0.641. The van der Waals surface area contributed by atoms with Gasteiger partial charge in [0, 0.05) is 4.90 Å². The van der Waals surface area contributed by atoms with Crippen LogP contribution in [0.5, 0.6) is 0 Å². The maximum atomic E-state index is 12.2. The summed E-state index contributed by atoms with van der Waals surface area (Å²) in [6, 6.07) is 7.46. The molecule has 1 unspecified atom stereocenters. The lowest BCUT2D eigenvalue weighted by molar-refractivity contribution is -0.129. The number of amides is 2. The van der Waals surface area contributed by atoms with Crippen LogP contribution in [0.4, 0.5) is 5.69 Å². The van der Waals surface area contributed by atoms with E-state index in [1.807, 2.05) is 25.1 Å². The Kier molecular flexibility index (Phi) is 3.88. The van der Waals surface area contributed by atoms with Gasteiger partial charge in [0.25, 0.3) is 5.91 Å². The fraction of sp³-hybridized carbons (Fsp3) is 0.333. The molecule has 18 heavy (non-hydrogen) atoms. The Hall–Kier alpha value is -1.53. The van der Waals surface area contributed by atoms with Crippen molar-refractivity contribution >= 4 is 29.3 Å². The van der Waals surface area contributed by atoms with E-state index in [-0.39, 0.29) is 17.7 Å². The van der Waals surface area contributed by atoms with E-state index < -0.39 is 5.91 Å². The summed E-state index contributed by atoms with van der Waals surface area (Å²) in [4.78, 5) is 25.9. The highest BCUT2D eigenvalue weighted by Gasteiger charge is 2.33. The lowest BCUT2D eigenvalue weighted by atomic mass is 10.2. The smallest absolute Gasteiger partial charge is 0.263 e. The Morgan fingerprint density at radius 3 is 2.89 bits per heavy atom. The van der Waals surface area contributed by atoms with Crippen molar-refractivity contribution in [2.75, 3.05) is 11.4 Å². The van der Waals surface area contributed by atoms with Gasteiger partial charge >= 0.3 is 0 Å². The van der Waals surface area contributed by atoms with Crippen LogP contribution in [0.15, 0.2) is 29.2 Å². The maximum Gasteiger partial charge on any atom is 0.263 e. The van der Waals surface area contributed by atoms with Crippen molar-refractivity contribution in [1.29, 1.82) is 0 Å². The van der Waals surface area contributed by atoms with Crippen LogP contribution in [0.2, 0.25) is 0 Å². The summed E-state index contributed by atoms with van der Waals surface area (Å²) in [5.74, 6) is -0.690. The molecule has 0 radical (unpaired) electrons. The monoisotopic (exact) mass is 266 g/mol. The fourth-order valence-corrected chi connectivity index (χ4v) is 3.03. The van der Waals surface area contributed by atoms with Gasteiger partial charge in [-0.05, 0) is 18.6 Å². The number of hydroxylamine groups is 1. The largest absolute Gasteiger partial charge is 0.301 e. The van der Waals surface area contributed by atoms with Crippen LogP contribution >= 0.6 is 11.8 Å². The van der Waals surface area contributed by atoms with Gasteiger partial charge in [-0.25, -0.2) is 5.48 Å². The van der Waals surface area contributed by atoms with Crippen LogP contribution in [-0.2, 0) is 9.59 Å². The number of fused-ring (bicyclic) bond motifs is 1. The second-order valence-corrected chi connectivity index (χ2v) is 5.19. The maximum absolute atomic E-state index is 12.2. The summed E-state index contributed by atoms with van der Waals surface area (Å²) in [6.07, 6.45) is 0.703. The zero-order chi connectivity index (χ0) is 13.1. The third kappa shape index (κ3) is 2.34. The van der Waals surface area contributed by atoms with Crippen molar-refractivity contribution in [1.82, 2.24) is 5.48 Å². The van der Waals surface area contributed by atoms with Gasteiger partial charge in [-0.15, -0.1) is 11.8 Å². The van der Waals surface area contributed by atoms with Gasteiger partial charge in [-0.2, -0.15) is 0 Å². The Morgan fingerprint density at radius 2 is 2.22 bits per heavy atom. The molecular formula is C12H14N2O3S. The standard InChI is InChI=1S/C12H14N2O3S/c1-2-9-12(16)14(7-11(15)13-17)8-5-3-4-6-10(8)18-9/h3-6,9,17H,2,7H2,1H3,(H,13,15). The minimum atomic E-state index is -0.597. The lowest BCUT2D eigenvalue weighted by Gasteiger charge is -2.32. The van der Waals surface area contributed by atoms with Crippen molar-refractivity contribution in [3.63, 3.8) is 0 Å². The molecule has 0 spiro atoms. The number of nitrogens with zero attached hydrogens (tertiary/aromatic N) is 1. The minimum Gasteiger partial charge on any atom is -0.301 e. The molecule has 5 nitrogen and oxygen atoms in total. The average Bonchev–Trinajstić information content (AvgIpc) is 2.41. The van der Waals surface area contributed by atoms with E-state index in [9.17, 15) is 9.59 Å².